The number of hydrogen-bond donors (Lipinski definition) is 2. The highest BCUT2D eigenvalue weighted by Gasteiger charge is 2.22. The molecule has 0 spiro atoms. The quantitative estimate of drug-likeness (QED) is 0.858. The van der Waals surface area contributed by atoms with Crippen LogP contribution in [0, 0.1) is 17.2 Å². The van der Waals surface area contributed by atoms with Crippen molar-refractivity contribution < 1.29 is 9.90 Å². The van der Waals surface area contributed by atoms with Crippen molar-refractivity contribution in [1.29, 1.82) is 5.26 Å². The second kappa shape index (κ2) is 6.05. The predicted octanol–water partition coefficient (Wildman–Crippen LogP) is 1.44. The van der Waals surface area contributed by atoms with E-state index in [9.17, 15) is 4.79 Å². The fourth-order valence-electron chi connectivity index (χ4n) is 2.32. The van der Waals surface area contributed by atoms with E-state index < -0.39 is 6.09 Å². The predicted molar refractivity (Wildman–Crippen MR) is 69.9 cm³/mol. The average molecular weight is 260 g/mol. The lowest BCUT2D eigenvalue weighted by Gasteiger charge is -2.33. The number of nitrogens with one attached hydrogen (secondary N) is 1. The number of carbonyl (C=O) groups is 1. The zero-order chi connectivity index (χ0) is 13.7. The third kappa shape index (κ3) is 3.35. The van der Waals surface area contributed by atoms with Gasteiger partial charge in [0.2, 0.25) is 0 Å². The summed E-state index contributed by atoms with van der Waals surface area (Å²) >= 11 is 0. The lowest BCUT2D eigenvalue weighted by atomic mass is 9.96. The number of carboxylic acid groups (broad SMARTS) is 1. The van der Waals surface area contributed by atoms with Crippen LogP contribution < -0.4 is 10.2 Å². The van der Waals surface area contributed by atoms with Crippen LogP contribution in [0.1, 0.15) is 18.4 Å². The Morgan fingerprint density at radius 1 is 1.58 bits per heavy atom. The molecular formula is C13H16N4O2. The molecule has 19 heavy (non-hydrogen) atoms. The molecule has 6 nitrogen and oxygen atoms in total. The Kier molecular flexibility index (Phi) is 4.18. The number of anilines is 1. The largest absolute Gasteiger partial charge is 0.465 e. The van der Waals surface area contributed by atoms with E-state index in [0.29, 0.717) is 18.0 Å². The summed E-state index contributed by atoms with van der Waals surface area (Å²) in [7, 11) is 0. The third-order valence-electron chi connectivity index (χ3n) is 3.36. The molecule has 1 aromatic rings. The highest BCUT2D eigenvalue weighted by molar-refractivity contribution is 5.64. The minimum Gasteiger partial charge on any atom is -0.465 e. The van der Waals surface area contributed by atoms with Gasteiger partial charge in [-0.15, -0.1) is 0 Å². The van der Waals surface area contributed by atoms with Crippen molar-refractivity contribution >= 4 is 11.9 Å². The molecule has 0 bridgehead atoms. The van der Waals surface area contributed by atoms with E-state index in [0.717, 1.165) is 31.7 Å². The summed E-state index contributed by atoms with van der Waals surface area (Å²) in [6.07, 6.45) is 2.52. The first kappa shape index (κ1) is 13.1. The number of nitrogens with zero attached hydrogens (tertiary/aromatic N) is 3. The zero-order valence-corrected chi connectivity index (χ0v) is 10.5. The van der Waals surface area contributed by atoms with Crippen molar-refractivity contribution in [2.45, 2.75) is 12.8 Å². The maximum absolute atomic E-state index is 10.4. The Balaban J connectivity index is 1.93. The molecule has 0 aromatic carbocycles. The Bertz CT molecular complexity index is 490. The fourth-order valence-corrected chi connectivity index (χ4v) is 2.32. The van der Waals surface area contributed by atoms with Crippen LogP contribution >= 0.6 is 0 Å². The lowest BCUT2D eigenvalue weighted by molar-refractivity contribution is 0.191. The van der Waals surface area contributed by atoms with Gasteiger partial charge in [-0.2, -0.15) is 5.26 Å². The SMILES string of the molecule is N#Cc1cccnc1N1CCC(CNC(=O)O)CC1. The Labute approximate surface area is 111 Å². The Morgan fingerprint density at radius 2 is 2.32 bits per heavy atom. The molecule has 2 rings (SSSR count). The smallest absolute Gasteiger partial charge is 0.404 e. The van der Waals surface area contributed by atoms with Crippen LogP contribution in [-0.4, -0.2) is 35.8 Å². The summed E-state index contributed by atoms with van der Waals surface area (Å²) < 4.78 is 0. The summed E-state index contributed by atoms with van der Waals surface area (Å²) in [5.41, 5.74) is 0.588. The monoisotopic (exact) mass is 260 g/mol. The number of piperidine rings is 1. The summed E-state index contributed by atoms with van der Waals surface area (Å²) in [5, 5.41) is 20.1. The van der Waals surface area contributed by atoms with Crippen LogP contribution in [0.2, 0.25) is 0 Å². The topological polar surface area (TPSA) is 89.3 Å². The molecule has 0 aliphatic carbocycles. The van der Waals surface area contributed by atoms with E-state index in [1.807, 2.05) is 0 Å². The molecular weight excluding hydrogens is 244 g/mol. The summed E-state index contributed by atoms with van der Waals surface area (Å²) in [6, 6.07) is 5.67. The molecule has 0 atom stereocenters. The number of rotatable bonds is 3. The van der Waals surface area contributed by atoms with Crippen molar-refractivity contribution in [3.05, 3.63) is 23.9 Å². The van der Waals surface area contributed by atoms with Gasteiger partial charge in [-0.1, -0.05) is 0 Å². The van der Waals surface area contributed by atoms with Crippen LogP contribution in [0.25, 0.3) is 0 Å². The summed E-state index contributed by atoms with van der Waals surface area (Å²) in [5.74, 6) is 1.09. The second-order valence-electron chi connectivity index (χ2n) is 4.60. The molecule has 1 amide bonds. The first-order valence-corrected chi connectivity index (χ1v) is 6.27. The van der Waals surface area contributed by atoms with Gasteiger partial charge in [0.1, 0.15) is 11.9 Å². The molecule has 0 unspecified atom stereocenters. The normalized spacial score (nSPS) is 15.8. The van der Waals surface area contributed by atoms with Gasteiger partial charge >= 0.3 is 6.09 Å². The summed E-state index contributed by atoms with van der Waals surface area (Å²) in [6.45, 7) is 2.10. The molecule has 1 aromatic heterocycles. The molecule has 1 fully saturated rings. The van der Waals surface area contributed by atoms with E-state index in [-0.39, 0.29) is 0 Å². The Morgan fingerprint density at radius 3 is 2.95 bits per heavy atom. The number of aromatic nitrogens is 1. The van der Waals surface area contributed by atoms with Crippen molar-refractivity contribution in [1.82, 2.24) is 10.3 Å². The van der Waals surface area contributed by atoms with Gasteiger partial charge in [0, 0.05) is 25.8 Å². The van der Waals surface area contributed by atoms with Crippen molar-refractivity contribution in [2.75, 3.05) is 24.5 Å². The minimum atomic E-state index is -0.973. The van der Waals surface area contributed by atoms with Crippen molar-refractivity contribution in [3.63, 3.8) is 0 Å². The molecule has 0 radical (unpaired) electrons. The molecule has 0 saturated carbocycles. The van der Waals surface area contributed by atoms with E-state index in [4.69, 9.17) is 10.4 Å². The summed E-state index contributed by atoms with van der Waals surface area (Å²) in [4.78, 5) is 16.8. The maximum atomic E-state index is 10.4. The van der Waals surface area contributed by atoms with Crippen molar-refractivity contribution in [2.24, 2.45) is 5.92 Å². The van der Waals surface area contributed by atoms with Gasteiger partial charge in [-0.05, 0) is 30.9 Å². The van der Waals surface area contributed by atoms with Gasteiger partial charge in [0.25, 0.3) is 0 Å². The lowest BCUT2D eigenvalue weighted by Crippen LogP contribution is -2.39. The molecule has 2 heterocycles. The average Bonchev–Trinajstić information content (AvgIpc) is 2.45. The van der Waals surface area contributed by atoms with Crippen LogP contribution in [0.5, 0.6) is 0 Å². The molecule has 1 saturated heterocycles. The number of amides is 1. The van der Waals surface area contributed by atoms with Crippen LogP contribution in [0.4, 0.5) is 10.6 Å². The standard InChI is InChI=1S/C13H16N4O2/c14-8-11-2-1-5-15-12(11)17-6-3-10(4-7-17)9-16-13(18)19/h1-2,5,10,16H,3-4,6-7,9H2,(H,18,19). The van der Waals surface area contributed by atoms with E-state index in [1.54, 1.807) is 18.3 Å². The van der Waals surface area contributed by atoms with Gasteiger partial charge in [0.15, 0.2) is 0 Å². The highest BCUT2D eigenvalue weighted by atomic mass is 16.4. The van der Waals surface area contributed by atoms with Gasteiger partial charge in [0.05, 0.1) is 5.56 Å². The second-order valence-corrected chi connectivity index (χ2v) is 4.60. The van der Waals surface area contributed by atoms with Gasteiger partial charge < -0.3 is 15.3 Å². The Hall–Kier alpha value is -2.29. The zero-order valence-electron chi connectivity index (χ0n) is 10.5. The first-order valence-electron chi connectivity index (χ1n) is 6.27. The molecule has 100 valence electrons. The van der Waals surface area contributed by atoms with Crippen molar-refractivity contribution in [3.8, 4) is 6.07 Å². The minimum absolute atomic E-state index is 0.363. The van der Waals surface area contributed by atoms with Crippen LogP contribution in [-0.2, 0) is 0 Å². The van der Waals surface area contributed by atoms with Crippen LogP contribution in [0.15, 0.2) is 18.3 Å². The van der Waals surface area contributed by atoms with Crippen LogP contribution in [0.3, 0.4) is 0 Å². The molecule has 1 aliphatic heterocycles. The first-order chi connectivity index (χ1) is 9.20. The van der Waals surface area contributed by atoms with Gasteiger partial charge in [-0.3, -0.25) is 0 Å². The van der Waals surface area contributed by atoms with E-state index in [2.05, 4.69) is 21.3 Å². The maximum Gasteiger partial charge on any atom is 0.404 e. The molecule has 6 heteroatoms. The van der Waals surface area contributed by atoms with E-state index in [1.165, 1.54) is 0 Å². The molecule has 1 aliphatic rings. The highest BCUT2D eigenvalue weighted by Crippen LogP contribution is 2.23. The molecule has 2 N–H and O–H groups in total. The number of hydrogen-bond acceptors (Lipinski definition) is 4. The van der Waals surface area contributed by atoms with E-state index >= 15 is 0 Å². The fraction of sp³-hybridized carbons (Fsp3) is 0.462. The number of nitriles is 1. The van der Waals surface area contributed by atoms with Gasteiger partial charge in [-0.25, -0.2) is 9.78 Å². The third-order valence-corrected chi connectivity index (χ3v) is 3.36. The number of pyridine rings is 1.